The van der Waals surface area contributed by atoms with E-state index in [9.17, 15) is 9.59 Å². The van der Waals surface area contributed by atoms with E-state index in [4.69, 9.17) is 0 Å². The first-order chi connectivity index (χ1) is 10.4. The van der Waals surface area contributed by atoms with Gasteiger partial charge in [0.05, 0.1) is 11.4 Å². The molecule has 0 spiro atoms. The van der Waals surface area contributed by atoms with Crippen molar-refractivity contribution < 1.29 is 9.59 Å². The van der Waals surface area contributed by atoms with Gasteiger partial charge in [-0.3, -0.25) is 9.59 Å². The molecule has 0 bridgehead atoms. The molecule has 0 unspecified atom stereocenters. The Labute approximate surface area is 138 Å². The molecular formula is C17H17BrN2O2. The van der Waals surface area contributed by atoms with E-state index in [0.29, 0.717) is 16.9 Å². The lowest BCUT2D eigenvalue weighted by Gasteiger charge is -2.12. The summed E-state index contributed by atoms with van der Waals surface area (Å²) in [4.78, 5) is 23.6. The number of aryl methyl sites for hydroxylation is 2. The van der Waals surface area contributed by atoms with Crippen molar-refractivity contribution in [2.75, 3.05) is 10.6 Å². The van der Waals surface area contributed by atoms with Crippen LogP contribution in [0.2, 0.25) is 0 Å². The Morgan fingerprint density at radius 3 is 2.27 bits per heavy atom. The Morgan fingerprint density at radius 1 is 0.909 bits per heavy atom. The molecule has 2 amide bonds. The van der Waals surface area contributed by atoms with Crippen molar-refractivity contribution in [1.82, 2.24) is 0 Å². The highest BCUT2D eigenvalue weighted by molar-refractivity contribution is 9.10. The van der Waals surface area contributed by atoms with Crippen LogP contribution < -0.4 is 10.6 Å². The van der Waals surface area contributed by atoms with Crippen LogP contribution in [0.15, 0.2) is 40.9 Å². The Bertz CT molecular complexity index is 741. The smallest absolute Gasteiger partial charge is 0.255 e. The maximum atomic E-state index is 12.4. The number of nitrogens with one attached hydrogen (secondary N) is 2. The summed E-state index contributed by atoms with van der Waals surface area (Å²) in [5, 5.41) is 5.54. The summed E-state index contributed by atoms with van der Waals surface area (Å²) in [5.41, 5.74) is 3.89. The second kappa shape index (κ2) is 6.75. The van der Waals surface area contributed by atoms with Crippen molar-refractivity contribution in [3.05, 3.63) is 57.6 Å². The predicted octanol–water partition coefficient (Wildman–Crippen LogP) is 4.28. The first-order valence-electron chi connectivity index (χ1n) is 6.82. The highest BCUT2D eigenvalue weighted by atomic mass is 79.9. The fourth-order valence-corrected chi connectivity index (χ4v) is 2.36. The number of hydrogen-bond acceptors (Lipinski definition) is 2. The van der Waals surface area contributed by atoms with Crippen LogP contribution in [-0.2, 0) is 4.79 Å². The van der Waals surface area contributed by atoms with Gasteiger partial charge in [0.1, 0.15) is 0 Å². The SMILES string of the molecule is CC(=O)Nc1ccc(Br)cc1NC(=O)c1ccc(C)c(C)c1. The number of carbonyl (C=O) groups excluding carboxylic acids is 2. The second-order valence-electron chi connectivity index (χ2n) is 5.12. The molecule has 22 heavy (non-hydrogen) atoms. The number of carbonyl (C=O) groups is 2. The van der Waals surface area contributed by atoms with Crippen molar-refractivity contribution in [2.24, 2.45) is 0 Å². The Hall–Kier alpha value is -2.14. The number of amides is 2. The van der Waals surface area contributed by atoms with Gasteiger partial charge in [0.2, 0.25) is 5.91 Å². The summed E-state index contributed by atoms with van der Waals surface area (Å²) in [6.45, 7) is 5.39. The van der Waals surface area contributed by atoms with Gasteiger partial charge in [-0.1, -0.05) is 22.0 Å². The van der Waals surface area contributed by atoms with Gasteiger partial charge in [-0.2, -0.15) is 0 Å². The zero-order valence-corrected chi connectivity index (χ0v) is 14.2. The largest absolute Gasteiger partial charge is 0.325 e. The van der Waals surface area contributed by atoms with Crippen molar-refractivity contribution >= 4 is 39.1 Å². The molecule has 0 aliphatic carbocycles. The molecule has 0 aliphatic heterocycles. The molecule has 114 valence electrons. The minimum Gasteiger partial charge on any atom is -0.325 e. The average Bonchev–Trinajstić information content (AvgIpc) is 2.44. The lowest BCUT2D eigenvalue weighted by atomic mass is 10.1. The Morgan fingerprint density at radius 2 is 1.64 bits per heavy atom. The van der Waals surface area contributed by atoms with Crippen molar-refractivity contribution in [3.63, 3.8) is 0 Å². The van der Waals surface area contributed by atoms with Gasteiger partial charge in [0.25, 0.3) is 5.91 Å². The lowest BCUT2D eigenvalue weighted by Crippen LogP contribution is -2.15. The summed E-state index contributed by atoms with van der Waals surface area (Å²) >= 11 is 3.37. The topological polar surface area (TPSA) is 58.2 Å². The van der Waals surface area contributed by atoms with E-state index in [2.05, 4.69) is 26.6 Å². The molecule has 2 rings (SSSR count). The molecule has 2 aromatic carbocycles. The molecule has 2 N–H and O–H groups in total. The number of halogens is 1. The predicted molar refractivity (Wildman–Crippen MR) is 92.3 cm³/mol. The van der Waals surface area contributed by atoms with E-state index < -0.39 is 0 Å². The maximum absolute atomic E-state index is 12.4. The van der Waals surface area contributed by atoms with E-state index >= 15 is 0 Å². The first-order valence-corrected chi connectivity index (χ1v) is 7.62. The summed E-state index contributed by atoms with van der Waals surface area (Å²) < 4.78 is 0.817. The molecule has 4 nitrogen and oxygen atoms in total. The van der Waals surface area contributed by atoms with Crippen LogP contribution in [0.3, 0.4) is 0 Å². The Balaban J connectivity index is 2.29. The highest BCUT2D eigenvalue weighted by Gasteiger charge is 2.11. The quantitative estimate of drug-likeness (QED) is 0.858. The van der Waals surface area contributed by atoms with Gasteiger partial charge < -0.3 is 10.6 Å². The van der Waals surface area contributed by atoms with Crippen LogP contribution in [0, 0.1) is 13.8 Å². The molecule has 0 aromatic heterocycles. The lowest BCUT2D eigenvalue weighted by molar-refractivity contribution is -0.114. The second-order valence-corrected chi connectivity index (χ2v) is 6.04. The van der Waals surface area contributed by atoms with Gasteiger partial charge in [-0.05, 0) is 55.3 Å². The van der Waals surface area contributed by atoms with Crippen LogP contribution in [-0.4, -0.2) is 11.8 Å². The number of anilines is 2. The Kier molecular flexibility index (Phi) is 4.98. The molecule has 0 heterocycles. The van der Waals surface area contributed by atoms with Crippen LogP contribution in [0.4, 0.5) is 11.4 Å². The standard InChI is InChI=1S/C17H17BrN2O2/c1-10-4-5-13(8-11(10)2)17(22)20-16-9-14(18)6-7-15(16)19-12(3)21/h4-9H,1-3H3,(H,19,21)(H,20,22). The molecule has 2 aromatic rings. The third kappa shape index (κ3) is 3.95. The first kappa shape index (κ1) is 16.2. The zero-order valence-electron chi connectivity index (χ0n) is 12.7. The molecule has 0 fully saturated rings. The molecule has 0 radical (unpaired) electrons. The van der Waals surface area contributed by atoms with Gasteiger partial charge in [0, 0.05) is 17.0 Å². The molecule has 5 heteroatoms. The van der Waals surface area contributed by atoms with E-state index in [1.807, 2.05) is 26.0 Å². The van der Waals surface area contributed by atoms with Gasteiger partial charge in [-0.15, -0.1) is 0 Å². The molecule has 0 saturated heterocycles. The monoisotopic (exact) mass is 360 g/mol. The highest BCUT2D eigenvalue weighted by Crippen LogP contribution is 2.26. The maximum Gasteiger partial charge on any atom is 0.255 e. The van der Waals surface area contributed by atoms with E-state index in [-0.39, 0.29) is 11.8 Å². The van der Waals surface area contributed by atoms with Crippen molar-refractivity contribution in [1.29, 1.82) is 0 Å². The van der Waals surface area contributed by atoms with Crippen molar-refractivity contribution in [3.8, 4) is 0 Å². The van der Waals surface area contributed by atoms with Crippen LogP contribution in [0.1, 0.15) is 28.4 Å². The number of rotatable bonds is 3. The number of benzene rings is 2. The van der Waals surface area contributed by atoms with Crippen LogP contribution >= 0.6 is 15.9 Å². The minimum atomic E-state index is -0.215. The zero-order chi connectivity index (χ0) is 16.3. The molecule has 0 aliphatic rings. The molecular weight excluding hydrogens is 344 g/mol. The average molecular weight is 361 g/mol. The fourth-order valence-electron chi connectivity index (χ4n) is 2.00. The summed E-state index contributed by atoms with van der Waals surface area (Å²) in [5.74, 6) is -0.406. The van der Waals surface area contributed by atoms with Gasteiger partial charge in [-0.25, -0.2) is 0 Å². The summed E-state index contributed by atoms with van der Waals surface area (Å²) in [6, 6.07) is 10.8. The van der Waals surface area contributed by atoms with Crippen LogP contribution in [0.25, 0.3) is 0 Å². The third-order valence-electron chi connectivity index (χ3n) is 3.31. The third-order valence-corrected chi connectivity index (χ3v) is 3.80. The van der Waals surface area contributed by atoms with E-state index in [0.717, 1.165) is 15.6 Å². The van der Waals surface area contributed by atoms with Crippen LogP contribution in [0.5, 0.6) is 0 Å². The van der Waals surface area contributed by atoms with Crippen molar-refractivity contribution in [2.45, 2.75) is 20.8 Å². The summed E-state index contributed by atoms with van der Waals surface area (Å²) in [6.07, 6.45) is 0. The molecule has 0 saturated carbocycles. The fraction of sp³-hybridized carbons (Fsp3) is 0.176. The minimum absolute atomic E-state index is 0.191. The molecule has 0 atom stereocenters. The normalized spacial score (nSPS) is 10.2. The van der Waals surface area contributed by atoms with Gasteiger partial charge in [0.15, 0.2) is 0 Å². The van der Waals surface area contributed by atoms with E-state index in [1.54, 1.807) is 24.3 Å². The number of hydrogen-bond donors (Lipinski definition) is 2. The van der Waals surface area contributed by atoms with Gasteiger partial charge >= 0.3 is 0 Å². The van der Waals surface area contributed by atoms with E-state index in [1.165, 1.54) is 6.92 Å². The summed E-state index contributed by atoms with van der Waals surface area (Å²) in [7, 11) is 0.